The highest BCUT2D eigenvalue weighted by molar-refractivity contribution is 7.16. The molecule has 7 heteroatoms. The molecule has 0 amide bonds. The van der Waals surface area contributed by atoms with Crippen molar-refractivity contribution in [1.29, 1.82) is 0 Å². The van der Waals surface area contributed by atoms with Gasteiger partial charge in [-0.2, -0.15) is 0 Å². The average molecular weight is 336 g/mol. The monoisotopic (exact) mass is 335 g/mol. The van der Waals surface area contributed by atoms with Crippen LogP contribution in [0.1, 0.15) is 0 Å². The first-order valence-electron chi connectivity index (χ1n) is 6.32. The molecule has 0 aliphatic heterocycles. The summed E-state index contributed by atoms with van der Waals surface area (Å²) in [6.07, 6.45) is 0. The first-order chi connectivity index (χ1) is 10.5. The van der Waals surface area contributed by atoms with E-state index in [-0.39, 0.29) is 11.4 Å². The molecule has 0 spiro atoms. The van der Waals surface area contributed by atoms with E-state index in [4.69, 9.17) is 21.4 Å². The van der Waals surface area contributed by atoms with Gasteiger partial charge in [0.15, 0.2) is 0 Å². The molecule has 1 N–H and O–H groups in total. The van der Waals surface area contributed by atoms with Gasteiger partial charge in [0, 0.05) is 6.07 Å². The number of para-hydroxylation sites is 1. The van der Waals surface area contributed by atoms with Gasteiger partial charge in [-0.15, -0.1) is 0 Å². The SMILES string of the molecule is O=C(O)Cn1c(=O)sc2cc(Oc3ccccc3Cl)ccc21. The number of hydrogen-bond acceptors (Lipinski definition) is 4. The zero-order valence-corrected chi connectivity index (χ0v) is 12.7. The standard InChI is InChI=1S/C15H10ClNO4S/c16-10-3-1-2-4-12(10)21-9-5-6-11-13(7-9)22-15(20)17(11)8-14(18)19/h1-7H,8H2,(H,18,19). The lowest BCUT2D eigenvalue weighted by molar-refractivity contribution is -0.137. The molecule has 5 nitrogen and oxygen atoms in total. The van der Waals surface area contributed by atoms with E-state index < -0.39 is 5.97 Å². The minimum atomic E-state index is -1.06. The van der Waals surface area contributed by atoms with Crippen molar-refractivity contribution in [2.24, 2.45) is 0 Å². The van der Waals surface area contributed by atoms with Crippen LogP contribution >= 0.6 is 22.9 Å². The summed E-state index contributed by atoms with van der Waals surface area (Å²) in [7, 11) is 0. The smallest absolute Gasteiger partial charge is 0.323 e. The number of rotatable bonds is 4. The van der Waals surface area contributed by atoms with Gasteiger partial charge in [0.05, 0.1) is 15.2 Å². The van der Waals surface area contributed by atoms with E-state index in [1.54, 1.807) is 42.5 Å². The normalized spacial score (nSPS) is 10.8. The van der Waals surface area contributed by atoms with Crippen molar-refractivity contribution < 1.29 is 14.6 Å². The number of ether oxygens (including phenoxy) is 1. The van der Waals surface area contributed by atoms with Crippen LogP contribution in [0.2, 0.25) is 5.02 Å². The van der Waals surface area contributed by atoms with Crippen LogP contribution in [0.25, 0.3) is 10.2 Å². The highest BCUT2D eigenvalue weighted by atomic mass is 35.5. The third-order valence-electron chi connectivity index (χ3n) is 3.00. The van der Waals surface area contributed by atoms with Crippen LogP contribution in [-0.4, -0.2) is 15.6 Å². The van der Waals surface area contributed by atoms with Crippen molar-refractivity contribution >= 4 is 39.1 Å². The number of hydrogen-bond donors (Lipinski definition) is 1. The number of benzene rings is 2. The fraction of sp³-hybridized carbons (Fsp3) is 0.0667. The lowest BCUT2D eigenvalue weighted by atomic mass is 10.3. The van der Waals surface area contributed by atoms with Gasteiger partial charge < -0.3 is 9.84 Å². The van der Waals surface area contributed by atoms with Crippen LogP contribution in [-0.2, 0) is 11.3 Å². The van der Waals surface area contributed by atoms with Gasteiger partial charge in [0.25, 0.3) is 0 Å². The number of carboxylic acid groups (broad SMARTS) is 1. The Kier molecular flexibility index (Phi) is 3.87. The average Bonchev–Trinajstić information content (AvgIpc) is 2.76. The molecule has 0 saturated carbocycles. The van der Waals surface area contributed by atoms with Gasteiger partial charge in [-0.25, -0.2) is 0 Å². The molecule has 1 aromatic heterocycles. The summed E-state index contributed by atoms with van der Waals surface area (Å²) < 4.78 is 7.58. The Morgan fingerprint density at radius 1 is 1.27 bits per heavy atom. The number of halogens is 1. The van der Waals surface area contributed by atoms with Crippen LogP contribution in [0.5, 0.6) is 11.5 Å². The van der Waals surface area contributed by atoms with Gasteiger partial charge in [0.2, 0.25) is 0 Å². The summed E-state index contributed by atoms with van der Waals surface area (Å²) in [5.74, 6) is -0.0108. The van der Waals surface area contributed by atoms with Crippen molar-refractivity contribution in [3.05, 3.63) is 57.2 Å². The molecule has 3 aromatic rings. The minimum absolute atomic E-state index is 0.313. The van der Waals surface area contributed by atoms with Crippen molar-refractivity contribution in [1.82, 2.24) is 4.57 Å². The zero-order chi connectivity index (χ0) is 15.7. The second-order valence-electron chi connectivity index (χ2n) is 4.51. The lowest BCUT2D eigenvalue weighted by Gasteiger charge is -2.07. The van der Waals surface area contributed by atoms with Crippen LogP contribution < -0.4 is 9.61 Å². The van der Waals surface area contributed by atoms with Crippen molar-refractivity contribution in [2.75, 3.05) is 0 Å². The van der Waals surface area contributed by atoms with Gasteiger partial charge in [0.1, 0.15) is 18.0 Å². The van der Waals surface area contributed by atoms with Gasteiger partial charge in [-0.05, 0) is 24.3 Å². The third kappa shape index (κ3) is 2.84. The number of thiazole rings is 1. The molecule has 3 rings (SSSR count). The molecular formula is C15H10ClNO4S. The fourth-order valence-electron chi connectivity index (χ4n) is 2.05. The number of carboxylic acids is 1. The molecule has 0 bridgehead atoms. The summed E-state index contributed by atoms with van der Waals surface area (Å²) in [6.45, 7) is -0.358. The molecule has 0 aliphatic rings. The third-order valence-corrected chi connectivity index (χ3v) is 4.25. The maximum atomic E-state index is 11.9. The molecule has 0 atom stereocenters. The highest BCUT2D eigenvalue weighted by Crippen LogP contribution is 2.31. The molecule has 0 unspecified atom stereocenters. The molecule has 1 heterocycles. The molecule has 0 fully saturated rings. The molecule has 2 aromatic carbocycles. The van der Waals surface area contributed by atoms with E-state index in [2.05, 4.69) is 0 Å². The molecular weight excluding hydrogens is 326 g/mol. The quantitative estimate of drug-likeness (QED) is 0.791. The van der Waals surface area contributed by atoms with E-state index in [0.717, 1.165) is 11.3 Å². The van der Waals surface area contributed by atoms with Crippen LogP contribution in [0.4, 0.5) is 0 Å². The van der Waals surface area contributed by atoms with E-state index >= 15 is 0 Å². The second-order valence-corrected chi connectivity index (χ2v) is 5.91. The maximum Gasteiger partial charge on any atom is 0.323 e. The Labute approximate surface area is 134 Å². The Morgan fingerprint density at radius 2 is 2.05 bits per heavy atom. The lowest BCUT2D eigenvalue weighted by Crippen LogP contribution is -2.18. The number of aromatic nitrogens is 1. The van der Waals surface area contributed by atoms with E-state index in [1.807, 2.05) is 0 Å². The van der Waals surface area contributed by atoms with E-state index in [9.17, 15) is 9.59 Å². The van der Waals surface area contributed by atoms with E-state index in [1.165, 1.54) is 4.57 Å². The predicted molar refractivity (Wildman–Crippen MR) is 85.2 cm³/mol. The fourth-order valence-corrected chi connectivity index (χ4v) is 3.14. The van der Waals surface area contributed by atoms with Crippen molar-refractivity contribution in [2.45, 2.75) is 6.54 Å². The zero-order valence-electron chi connectivity index (χ0n) is 11.2. The van der Waals surface area contributed by atoms with Crippen LogP contribution in [0.15, 0.2) is 47.3 Å². The number of fused-ring (bicyclic) bond motifs is 1. The summed E-state index contributed by atoms with van der Waals surface area (Å²) in [5.41, 5.74) is 0.573. The number of aliphatic carboxylic acids is 1. The van der Waals surface area contributed by atoms with Crippen LogP contribution in [0, 0.1) is 0 Å². The Morgan fingerprint density at radius 3 is 2.77 bits per heavy atom. The Hall–Kier alpha value is -2.31. The van der Waals surface area contributed by atoms with Gasteiger partial charge in [-0.1, -0.05) is 35.1 Å². The first kappa shape index (κ1) is 14.6. The predicted octanol–water partition coefficient (Wildman–Crippen LogP) is 3.59. The van der Waals surface area contributed by atoms with Gasteiger partial charge >= 0.3 is 10.8 Å². The van der Waals surface area contributed by atoms with Crippen molar-refractivity contribution in [3.8, 4) is 11.5 Å². The topological polar surface area (TPSA) is 68.5 Å². The number of nitrogens with zero attached hydrogens (tertiary/aromatic N) is 1. The second kappa shape index (κ2) is 5.82. The largest absolute Gasteiger partial charge is 0.480 e. The Balaban J connectivity index is 1.99. The first-order valence-corrected chi connectivity index (χ1v) is 7.51. The molecule has 0 aliphatic carbocycles. The molecule has 0 radical (unpaired) electrons. The summed E-state index contributed by atoms with van der Waals surface area (Å²) in [4.78, 5) is 22.4. The summed E-state index contributed by atoms with van der Waals surface area (Å²) in [5, 5.41) is 9.34. The summed E-state index contributed by atoms with van der Waals surface area (Å²) >= 11 is 7.02. The Bertz CT molecular complexity index is 915. The van der Waals surface area contributed by atoms with E-state index in [0.29, 0.717) is 26.7 Å². The summed E-state index contributed by atoms with van der Waals surface area (Å²) in [6, 6.07) is 12.1. The van der Waals surface area contributed by atoms with Crippen LogP contribution in [0.3, 0.4) is 0 Å². The highest BCUT2D eigenvalue weighted by Gasteiger charge is 2.12. The molecule has 22 heavy (non-hydrogen) atoms. The number of carbonyl (C=O) groups is 1. The minimum Gasteiger partial charge on any atom is -0.480 e. The molecule has 112 valence electrons. The maximum absolute atomic E-state index is 11.9. The molecule has 0 saturated heterocycles. The van der Waals surface area contributed by atoms with Gasteiger partial charge in [-0.3, -0.25) is 14.2 Å². The van der Waals surface area contributed by atoms with Crippen molar-refractivity contribution in [3.63, 3.8) is 0 Å².